The smallest absolute Gasteiger partial charge is 0.231 e. The fraction of sp³-hybridized carbons (Fsp3) is 0.417. The van der Waals surface area contributed by atoms with Crippen molar-refractivity contribution in [3.05, 3.63) is 12.1 Å². The van der Waals surface area contributed by atoms with Gasteiger partial charge in [-0.05, 0) is 18.8 Å². The predicted octanol–water partition coefficient (Wildman–Crippen LogP) is 1.74. The molecule has 5 nitrogen and oxygen atoms in total. The maximum Gasteiger partial charge on any atom is 0.231 e. The van der Waals surface area contributed by atoms with Crippen molar-refractivity contribution in [1.82, 2.24) is 0 Å². The largest absolute Gasteiger partial charge is 0.454 e. The molecule has 1 aliphatic carbocycles. The zero-order chi connectivity index (χ0) is 11.8. The van der Waals surface area contributed by atoms with Crippen LogP contribution >= 0.6 is 0 Å². The van der Waals surface area contributed by atoms with Crippen LogP contribution < -0.4 is 20.5 Å². The van der Waals surface area contributed by atoms with Gasteiger partial charge in [0.2, 0.25) is 12.7 Å². The normalized spacial score (nSPS) is 16.9. The molecule has 0 aromatic heterocycles. The highest BCUT2D eigenvalue weighted by atomic mass is 16.7. The SMILES string of the molecule is Nc1cc2c(cc1NC(=O)CC1CC1)OCO2. The van der Waals surface area contributed by atoms with E-state index < -0.39 is 0 Å². The summed E-state index contributed by atoms with van der Waals surface area (Å²) in [5, 5.41) is 2.81. The Morgan fingerprint density at radius 2 is 2.06 bits per heavy atom. The van der Waals surface area contributed by atoms with Crippen molar-refractivity contribution >= 4 is 17.3 Å². The molecule has 1 saturated carbocycles. The van der Waals surface area contributed by atoms with Crippen LogP contribution in [0.5, 0.6) is 11.5 Å². The van der Waals surface area contributed by atoms with E-state index in [0.717, 1.165) is 12.8 Å². The van der Waals surface area contributed by atoms with Gasteiger partial charge in [0, 0.05) is 18.6 Å². The second kappa shape index (κ2) is 3.84. The van der Waals surface area contributed by atoms with Crippen LogP contribution in [0.4, 0.5) is 11.4 Å². The van der Waals surface area contributed by atoms with Crippen molar-refractivity contribution in [2.24, 2.45) is 5.92 Å². The molecule has 3 rings (SSSR count). The number of carbonyl (C=O) groups excluding carboxylic acids is 1. The van der Waals surface area contributed by atoms with E-state index in [1.165, 1.54) is 0 Å². The van der Waals surface area contributed by atoms with E-state index >= 15 is 0 Å². The molecule has 17 heavy (non-hydrogen) atoms. The van der Waals surface area contributed by atoms with E-state index in [1.54, 1.807) is 12.1 Å². The van der Waals surface area contributed by atoms with E-state index in [4.69, 9.17) is 15.2 Å². The molecule has 1 fully saturated rings. The monoisotopic (exact) mass is 234 g/mol. The number of hydrogen-bond acceptors (Lipinski definition) is 4. The first-order chi connectivity index (χ1) is 8.22. The van der Waals surface area contributed by atoms with Crippen molar-refractivity contribution in [3.63, 3.8) is 0 Å². The fourth-order valence-corrected chi connectivity index (χ4v) is 1.85. The molecule has 1 aromatic carbocycles. The van der Waals surface area contributed by atoms with Crippen LogP contribution in [-0.2, 0) is 4.79 Å². The van der Waals surface area contributed by atoms with Crippen LogP contribution in [0.2, 0.25) is 0 Å². The van der Waals surface area contributed by atoms with Gasteiger partial charge in [-0.1, -0.05) is 0 Å². The van der Waals surface area contributed by atoms with Crippen LogP contribution in [0.25, 0.3) is 0 Å². The Morgan fingerprint density at radius 3 is 2.76 bits per heavy atom. The Labute approximate surface area is 98.9 Å². The standard InChI is InChI=1S/C12H14N2O3/c13-8-4-10-11(17-6-16-10)5-9(8)14-12(15)3-7-1-2-7/h4-5,7H,1-3,6,13H2,(H,14,15). The van der Waals surface area contributed by atoms with Crippen molar-refractivity contribution in [3.8, 4) is 11.5 Å². The van der Waals surface area contributed by atoms with E-state index in [0.29, 0.717) is 35.2 Å². The van der Waals surface area contributed by atoms with E-state index in [2.05, 4.69) is 5.32 Å². The molecule has 0 saturated heterocycles. The van der Waals surface area contributed by atoms with Gasteiger partial charge in [0.25, 0.3) is 0 Å². The molecule has 1 aromatic rings. The second-order valence-corrected chi connectivity index (χ2v) is 4.49. The number of anilines is 2. The minimum atomic E-state index is 0.0121. The Morgan fingerprint density at radius 1 is 1.35 bits per heavy atom. The van der Waals surface area contributed by atoms with Crippen LogP contribution in [0.1, 0.15) is 19.3 Å². The molecule has 5 heteroatoms. The molecule has 0 bridgehead atoms. The number of hydrogen-bond donors (Lipinski definition) is 2. The number of amides is 1. The zero-order valence-electron chi connectivity index (χ0n) is 9.36. The fourth-order valence-electron chi connectivity index (χ4n) is 1.85. The number of rotatable bonds is 3. The van der Waals surface area contributed by atoms with Crippen molar-refractivity contribution < 1.29 is 14.3 Å². The lowest BCUT2D eigenvalue weighted by Gasteiger charge is -2.08. The first-order valence-electron chi connectivity index (χ1n) is 5.71. The average molecular weight is 234 g/mol. The summed E-state index contributed by atoms with van der Waals surface area (Å²) in [4.78, 5) is 11.7. The molecule has 0 radical (unpaired) electrons. The van der Waals surface area contributed by atoms with Crippen LogP contribution in [0.15, 0.2) is 12.1 Å². The van der Waals surface area contributed by atoms with Crippen LogP contribution in [0.3, 0.4) is 0 Å². The minimum Gasteiger partial charge on any atom is -0.454 e. The lowest BCUT2D eigenvalue weighted by atomic mass is 10.2. The highest BCUT2D eigenvalue weighted by Crippen LogP contribution is 2.39. The van der Waals surface area contributed by atoms with Gasteiger partial charge in [-0.2, -0.15) is 0 Å². The highest BCUT2D eigenvalue weighted by molar-refractivity contribution is 5.94. The van der Waals surface area contributed by atoms with E-state index in [9.17, 15) is 4.79 Å². The van der Waals surface area contributed by atoms with E-state index in [1.807, 2.05) is 0 Å². The van der Waals surface area contributed by atoms with Gasteiger partial charge in [0.15, 0.2) is 11.5 Å². The third-order valence-electron chi connectivity index (χ3n) is 2.99. The number of carbonyl (C=O) groups is 1. The number of fused-ring (bicyclic) bond motifs is 1. The summed E-state index contributed by atoms with van der Waals surface area (Å²) in [6.45, 7) is 0.203. The molecule has 0 unspecified atom stereocenters. The zero-order valence-corrected chi connectivity index (χ0v) is 9.36. The summed E-state index contributed by atoms with van der Waals surface area (Å²) in [7, 11) is 0. The minimum absolute atomic E-state index is 0.0121. The van der Waals surface area contributed by atoms with E-state index in [-0.39, 0.29) is 12.7 Å². The van der Waals surface area contributed by atoms with Gasteiger partial charge in [-0.25, -0.2) is 0 Å². The molecule has 0 spiro atoms. The van der Waals surface area contributed by atoms with Gasteiger partial charge in [0.1, 0.15) is 0 Å². The van der Waals surface area contributed by atoms with Crippen LogP contribution in [0, 0.1) is 5.92 Å². The number of nitrogen functional groups attached to an aromatic ring is 1. The molecule has 3 N–H and O–H groups in total. The first-order valence-corrected chi connectivity index (χ1v) is 5.71. The van der Waals surface area contributed by atoms with Crippen molar-refractivity contribution in [2.45, 2.75) is 19.3 Å². The quantitative estimate of drug-likeness (QED) is 0.781. The van der Waals surface area contributed by atoms with Crippen molar-refractivity contribution in [2.75, 3.05) is 17.8 Å². The Hall–Kier alpha value is -1.91. The van der Waals surface area contributed by atoms with Crippen LogP contribution in [-0.4, -0.2) is 12.7 Å². The summed E-state index contributed by atoms with van der Waals surface area (Å²) in [6.07, 6.45) is 2.89. The van der Waals surface area contributed by atoms with Gasteiger partial charge in [-0.15, -0.1) is 0 Å². The molecule has 0 atom stereocenters. The molecule has 1 aliphatic heterocycles. The molecule has 90 valence electrons. The lowest BCUT2D eigenvalue weighted by Crippen LogP contribution is -2.13. The summed E-state index contributed by atoms with van der Waals surface area (Å²) < 4.78 is 10.4. The predicted molar refractivity (Wildman–Crippen MR) is 62.9 cm³/mol. The topological polar surface area (TPSA) is 73.6 Å². The molecular formula is C12H14N2O3. The number of nitrogens with one attached hydrogen (secondary N) is 1. The summed E-state index contributed by atoms with van der Waals surface area (Å²) in [5.41, 5.74) is 6.93. The second-order valence-electron chi connectivity index (χ2n) is 4.49. The average Bonchev–Trinajstić information content (AvgIpc) is 2.97. The Kier molecular flexibility index (Phi) is 2.31. The Balaban J connectivity index is 1.75. The molecule has 1 heterocycles. The third-order valence-corrected chi connectivity index (χ3v) is 2.99. The van der Waals surface area contributed by atoms with Crippen molar-refractivity contribution in [1.29, 1.82) is 0 Å². The summed E-state index contributed by atoms with van der Waals surface area (Å²) in [6, 6.07) is 3.39. The summed E-state index contributed by atoms with van der Waals surface area (Å²) in [5.74, 6) is 1.83. The third kappa shape index (κ3) is 2.13. The molecular weight excluding hydrogens is 220 g/mol. The lowest BCUT2D eigenvalue weighted by molar-refractivity contribution is -0.116. The van der Waals surface area contributed by atoms with Gasteiger partial charge >= 0.3 is 0 Å². The van der Waals surface area contributed by atoms with Gasteiger partial charge in [-0.3, -0.25) is 4.79 Å². The summed E-state index contributed by atoms with van der Waals surface area (Å²) >= 11 is 0. The maximum atomic E-state index is 11.7. The number of nitrogens with two attached hydrogens (primary N) is 1. The first kappa shape index (κ1) is 10.3. The Bertz CT molecular complexity index is 469. The van der Waals surface area contributed by atoms with Gasteiger partial charge in [0.05, 0.1) is 11.4 Å². The van der Waals surface area contributed by atoms with Gasteiger partial charge < -0.3 is 20.5 Å². The highest BCUT2D eigenvalue weighted by Gasteiger charge is 2.25. The molecule has 1 amide bonds. The maximum absolute atomic E-state index is 11.7. The number of ether oxygens (including phenoxy) is 2. The number of benzene rings is 1. The molecule has 2 aliphatic rings.